The Labute approximate surface area is 124 Å². The Kier molecular flexibility index (Phi) is 5.10. The van der Waals surface area contributed by atoms with Crippen molar-refractivity contribution in [3.05, 3.63) is 65.5 Å². The van der Waals surface area contributed by atoms with Crippen molar-refractivity contribution in [3.63, 3.8) is 0 Å². The summed E-state index contributed by atoms with van der Waals surface area (Å²) in [6.07, 6.45) is 5.44. The third-order valence-electron chi connectivity index (χ3n) is 2.89. The molecule has 1 aromatic carbocycles. The molecular formula is C17H17NO3. The summed E-state index contributed by atoms with van der Waals surface area (Å²) in [5.74, 6) is 0.405. The van der Waals surface area contributed by atoms with Gasteiger partial charge in [0.25, 0.3) is 0 Å². The molecule has 4 heteroatoms. The average Bonchev–Trinajstić information content (AvgIpc) is 2.54. The summed E-state index contributed by atoms with van der Waals surface area (Å²) in [5.41, 5.74) is 2.19. The van der Waals surface area contributed by atoms with Gasteiger partial charge in [-0.25, -0.2) is 4.79 Å². The number of allylic oxidation sites excluding steroid dienone is 1. The van der Waals surface area contributed by atoms with E-state index in [1.54, 1.807) is 12.1 Å². The second-order valence-electron chi connectivity index (χ2n) is 4.36. The van der Waals surface area contributed by atoms with Gasteiger partial charge in [0, 0.05) is 11.8 Å². The van der Waals surface area contributed by atoms with Gasteiger partial charge in [-0.2, -0.15) is 0 Å². The van der Waals surface area contributed by atoms with Crippen molar-refractivity contribution in [2.24, 2.45) is 0 Å². The Balaban J connectivity index is 2.05. The summed E-state index contributed by atoms with van der Waals surface area (Å²) in [5, 5.41) is 0. The van der Waals surface area contributed by atoms with Crippen LogP contribution in [-0.4, -0.2) is 18.1 Å². The van der Waals surface area contributed by atoms with Crippen molar-refractivity contribution in [3.8, 4) is 5.75 Å². The van der Waals surface area contributed by atoms with Crippen LogP contribution in [0.4, 0.5) is 0 Å². The topological polar surface area (TPSA) is 48.4 Å². The Bertz CT molecular complexity index is 633. The van der Waals surface area contributed by atoms with Gasteiger partial charge >= 0.3 is 5.97 Å². The predicted molar refractivity (Wildman–Crippen MR) is 81.1 cm³/mol. The fraction of sp³-hybridized carbons (Fsp3) is 0.176. The van der Waals surface area contributed by atoms with Gasteiger partial charge in [-0.3, -0.25) is 4.98 Å². The van der Waals surface area contributed by atoms with E-state index in [-0.39, 0.29) is 0 Å². The quantitative estimate of drug-likeness (QED) is 0.788. The molecule has 0 aliphatic heterocycles. The van der Waals surface area contributed by atoms with Gasteiger partial charge < -0.3 is 9.47 Å². The van der Waals surface area contributed by atoms with Crippen LogP contribution in [0.1, 0.15) is 28.5 Å². The van der Waals surface area contributed by atoms with Gasteiger partial charge in [0.15, 0.2) is 0 Å². The predicted octanol–water partition coefficient (Wildman–Crippen LogP) is 3.48. The lowest BCUT2D eigenvalue weighted by atomic mass is 10.2. The SMILES string of the molecule is C/C=C/c1ccccc1OCc1ccc(C(=O)OC)cn1. The molecule has 0 saturated heterocycles. The van der Waals surface area contributed by atoms with Gasteiger partial charge in [0.1, 0.15) is 12.4 Å². The number of esters is 1. The zero-order valence-electron chi connectivity index (χ0n) is 12.1. The van der Waals surface area contributed by atoms with Crippen LogP contribution >= 0.6 is 0 Å². The molecule has 108 valence electrons. The number of carbonyl (C=O) groups excluding carboxylic acids is 1. The minimum Gasteiger partial charge on any atom is -0.487 e. The molecule has 21 heavy (non-hydrogen) atoms. The second-order valence-corrected chi connectivity index (χ2v) is 4.36. The minimum atomic E-state index is -0.395. The molecule has 0 radical (unpaired) electrons. The molecule has 2 aromatic rings. The number of hydrogen-bond donors (Lipinski definition) is 0. The Morgan fingerprint density at radius 3 is 2.71 bits per heavy atom. The van der Waals surface area contributed by atoms with E-state index < -0.39 is 5.97 Å². The normalized spacial score (nSPS) is 10.6. The van der Waals surface area contributed by atoms with Crippen LogP contribution in [0.5, 0.6) is 5.75 Å². The second kappa shape index (κ2) is 7.24. The lowest BCUT2D eigenvalue weighted by molar-refractivity contribution is 0.0600. The first-order valence-corrected chi connectivity index (χ1v) is 6.62. The molecule has 0 unspecified atom stereocenters. The van der Waals surface area contributed by atoms with Gasteiger partial charge in [-0.05, 0) is 25.1 Å². The Morgan fingerprint density at radius 2 is 2.05 bits per heavy atom. The molecule has 0 fully saturated rings. The van der Waals surface area contributed by atoms with E-state index in [1.807, 2.05) is 43.3 Å². The minimum absolute atomic E-state index is 0.343. The van der Waals surface area contributed by atoms with E-state index in [0.29, 0.717) is 12.2 Å². The van der Waals surface area contributed by atoms with Gasteiger partial charge in [0.05, 0.1) is 18.4 Å². The first-order chi connectivity index (χ1) is 10.2. The molecular weight excluding hydrogens is 266 g/mol. The fourth-order valence-electron chi connectivity index (χ4n) is 1.83. The first kappa shape index (κ1) is 14.8. The summed E-state index contributed by atoms with van der Waals surface area (Å²) >= 11 is 0. The lowest BCUT2D eigenvalue weighted by Crippen LogP contribution is -2.04. The Hall–Kier alpha value is -2.62. The molecule has 1 aromatic heterocycles. The van der Waals surface area contributed by atoms with E-state index in [1.165, 1.54) is 13.3 Å². The van der Waals surface area contributed by atoms with Crippen LogP contribution in [0, 0.1) is 0 Å². The van der Waals surface area contributed by atoms with Crippen molar-refractivity contribution < 1.29 is 14.3 Å². The maximum atomic E-state index is 11.3. The average molecular weight is 283 g/mol. The van der Waals surface area contributed by atoms with E-state index in [2.05, 4.69) is 9.72 Å². The van der Waals surface area contributed by atoms with Crippen molar-refractivity contribution in [2.45, 2.75) is 13.5 Å². The number of pyridine rings is 1. The number of rotatable bonds is 5. The van der Waals surface area contributed by atoms with Gasteiger partial charge in [0.2, 0.25) is 0 Å². The number of para-hydroxylation sites is 1. The largest absolute Gasteiger partial charge is 0.487 e. The number of methoxy groups -OCH3 is 1. The van der Waals surface area contributed by atoms with Crippen molar-refractivity contribution >= 4 is 12.0 Å². The summed E-state index contributed by atoms with van der Waals surface area (Å²) < 4.78 is 10.4. The molecule has 0 atom stereocenters. The van der Waals surface area contributed by atoms with Gasteiger partial charge in [-0.1, -0.05) is 30.4 Å². The molecule has 0 aliphatic rings. The molecule has 0 saturated carbocycles. The summed E-state index contributed by atoms with van der Waals surface area (Å²) in [6.45, 7) is 2.31. The molecule has 0 spiro atoms. The highest BCUT2D eigenvalue weighted by Gasteiger charge is 2.06. The molecule has 1 heterocycles. The van der Waals surface area contributed by atoms with Crippen molar-refractivity contribution in [2.75, 3.05) is 7.11 Å². The van der Waals surface area contributed by atoms with Crippen LogP contribution in [-0.2, 0) is 11.3 Å². The number of benzene rings is 1. The standard InChI is InChI=1S/C17H17NO3/c1-3-6-13-7-4-5-8-16(13)21-12-15-10-9-14(11-18-15)17(19)20-2/h3-11H,12H2,1-2H3/b6-3+. The number of carbonyl (C=O) groups is 1. The van der Waals surface area contributed by atoms with Gasteiger partial charge in [-0.15, -0.1) is 0 Å². The molecule has 2 rings (SSSR count). The maximum Gasteiger partial charge on any atom is 0.339 e. The maximum absolute atomic E-state index is 11.3. The highest BCUT2D eigenvalue weighted by molar-refractivity contribution is 5.88. The highest BCUT2D eigenvalue weighted by atomic mass is 16.5. The molecule has 0 aliphatic carbocycles. The fourth-order valence-corrected chi connectivity index (χ4v) is 1.83. The molecule has 0 N–H and O–H groups in total. The summed E-state index contributed by atoms with van der Waals surface area (Å²) in [7, 11) is 1.34. The first-order valence-electron chi connectivity index (χ1n) is 6.62. The van der Waals surface area contributed by atoms with Crippen LogP contribution in [0.15, 0.2) is 48.7 Å². The molecule has 0 bridgehead atoms. The third kappa shape index (κ3) is 3.92. The smallest absolute Gasteiger partial charge is 0.339 e. The van der Waals surface area contributed by atoms with Crippen LogP contribution in [0.2, 0.25) is 0 Å². The lowest BCUT2D eigenvalue weighted by Gasteiger charge is -2.09. The highest BCUT2D eigenvalue weighted by Crippen LogP contribution is 2.20. The van der Waals surface area contributed by atoms with E-state index in [4.69, 9.17) is 4.74 Å². The number of hydrogen-bond acceptors (Lipinski definition) is 4. The number of nitrogens with zero attached hydrogens (tertiary/aromatic N) is 1. The van der Waals surface area contributed by atoms with E-state index in [9.17, 15) is 4.79 Å². The summed E-state index contributed by atoms with van der Waals surface area (Å²) in [6, 6.07) is 11.2. The number of ether oxygens (including phenoxy) is 2. The van der Waals surface area contributed by atoms with E-state index in [0.717, 1.165) is 17.0 Å². The summed E-state index contributed by atoms with van der Waals surface area (Å²) in [4.78, 5) is 15.5. The van der Waals surface area contributed by atoms with Crippen LogP contribution < -0.4 is 4.74 Å². The Morgan fingerprint density at radius 1 is 1.24 bits per heavy atom. The van der Waals surface area contributed by atoms with Crippen molar-refractivity contribution in [1.29, 1.82) is 0 Å². The van der Waals surface area contributed by atoms with Crippen molar-refractivity contribution in [1.82, 2.24) is 4.98 Å². The van der Waals surface area contributed by atoms with E-state index >= 15 is 0 Å². The van der Waals surface area contributed by atoms with Crippen LogP contribution in [0.3, 0.4) is 0 Å². The molecule has 4 nitrogen and oxygen atoms in total. The molecule has 0 amide bonds. The number of aromatic nitrogens is 1. The third-order valence-corrected chi connectivity index (χ3v) is 2.89. The van der Waals surface area contributed by atoms with Crippen LogP contribution in [0.25, 0.3) is 6.08 Å². The monoisotopic (exact) mass is 283 g/mol. The zero-order chi connectivity index (χ0) is 15.1. The zero-order valence-corrected chi connectivity index (χ0v) is 12.1.